The Balaban J connectivity index is 2.15. The Morgan fingerprint density at radius 1 is 1.08 bits per heavy atom. The molecule has 0 aromatic heterocycles. The van der Waals surface area contributed by atoms with Crippen LogP contribution in [0, 0.1) is 12.3 Å². The summed E-state index contributed by atoms with van der Waals surface area (Å²) in [6.07, 6.45) is 1.65. The predicted octanol–water partition coefficient (Wildman–Crippen LogP) is 3.43. The van der Waals surface area contributed by atoms with Gasteiger partial charge in [-0.3, -0.25) is 9.59 Å². The Bertz CT molecular complexity index is 714. The quantitative estimate of drug-likeness (QED) is 0.836. The van der Waals surface area contributed by atoms with Crippen LogP contribution in [0.3, 0.4) is 0 Å². The molecule has 1 atom stereocenters. The largest absolute Gasteiger partial charge is 0.294 e. The number of ketones is 1. The van der Waals surface area contributed by atoms with E-state index < -0.39 is 0 Å². The third-order valence-electron chi connectivity index (χ3n) is 5.00. The highest BCUT2D eigenvalue weighted by Crippen LogP contribution is 2.47. The second-order valence-corrected chi connectivity index (χ2v) is 8.02. The first-order valence-electron chi connectivity index (χ1n) is 8.52. The highest BCUT2D eigenvalue weighted by molar-refractivity contribution is 6.01. The molecule has 1 unspecified atom stereocenters. The zero-order valence-electron chi connectivity index (χ0n) is 15.2. The van der Waals surface area contributed by atoms with Crippen LogP contribution < -0.4 is 0 Å². The summed E-state index contributed by atoms with van der Waals surface area (Å²) >= 11 is 0. The molecule has 4 heteroatoms. The van der Waals surface area contributed by atoms with Gasteiger partial charge in [0.05, 0.1) is 0 Å². The van der Waals surface area contributed by atoms with E-state index in [-0.39, 0.29) is 23.0 Å². The van der Waals surface area contributed by atoms with Gasteiger partial charge in [0.2, 0.25) is 5.91 Å². The van der Waals surface area contributed by atoms with Crippen molar-refractivity contribution in [1.29, 1.82) is 0 Å². The van der Waals surface area contributed by atoms with Gasteiger partial charge in [0.1, 0.15) is 0 Å². The second-order valence-electron chi connectivity index (χ2n) is 8.02. The van der Waals surface area contributed by atoms with Gasteiger partial charge in [0.25, 0.3) is 0 Å². The van der Waals surface area contributed by atoms with Gasteiger partial charge in [-0.1, -0.05) is 43.7 Å². The van der Waals surface area contributed by atoms with Crippen molar-refractivity contribution >= 4 is 11.7 Å². The lowest BCUT2D eigenvalue weighted by Gasteiger charge is -2.44. The summed E-state index contributed by atoms with van der Waals surface area (Å²) in [6.45, 7) is 6.24. The highest BCUT2D eigenvalue weighted by atomic mass is 16.2. The van der Waals surface area contributed by atoms with Crippen molar-refractivity contribution in [3.8, 4) is 0 Å². The highest BCUT2D eigenvalue weighted by Gasteiger charge is 2.44. The van der Waals surface area contributed by atoms with Crippen LogP contribution in [0.1, 0.15) is 50.2 Å². The van der Waals surface area contributed by atoms with E-state index in [9.17, 15) is 9.59 Å². The summed E-state index contributed by atoms with van der Waals surface area (Å²) in [5, 5.41) is 3.51. The van der Waals surface area contributed by atoms with Gasteiger partial charge in [-0.15, -0.1) is 0 Å². The Hall–Kier alpha value is -1.94. The molecule has 1 amide bonds. The van der Waals surface area contributed by atoms with Crippen LogP contribution in [0.25, 0.3) is 0 Å². The number of hydrogen-bond acceptors (Lipinski definition) is 3. The number of amides is 1. The van der Waals surface area contributed by atoms with Crippen LogP contribution in [0.2, 0.25) is 0 Å². The second kappa shape index (κ2) is 5.85. The lowest BCUT2D eigenvalue weighted by molar-refractivity contribution is -0.143. The molecule has 0 saturated heterocycles. The van der Waals surface area contributed by atoms with E-state index >= 15 is 0 Å². The Morgan fingerprint density at radius 3 is 2.29 bits per heavy atom. The first kappa shape index (κ1) is 16.9. The number of rotatable bonds is 2. The van der Waals surface area contributed by atoms with Gasteiger partial charge in [-0.05, 0) is 24.3 Å². The van der Waals surface area contributed by atoms with Crippen molar-refractivity contribution in [2.75, 3.05) is 14.1 Å². The predicted molar refractivity (Wildman–Crippen MR) is 94.1 cm³/mol. The number of allylic oxidation sites excluding steroid dienone is 2. The average molecular weight is 326 g/mol. The number of carbonyl (C=O) groups is 2. The summed E-state index contributed by atoms with van der Waals surface area (Å²) in [7, 11) is 3.72. The van der Waals surface area contributed by atoms with Gasteiger partial charge in [0.15, 0.2) is 5.78 Å². The van der Waals surface area contributed by atoms with Gasteiger partial charge in [-0.2, -0.15) is 0 Å². The standard InChI is InChI=1S/C20H26N2O2/c1-13-6-8-14(9-7-13)15-10-18(24)22(21(4)5)16-11-20(2,3)12-17(23)19(15)16/h6-9,15H,10-12H2,1-5H3. The Morgan fingerprint density at radius 2 is 1.71 bits per heavy atom. The third kappa shape index (κ3) is 2.91. The summed E-state index contributed by atoms with van der Waals surface area (Å²) in [5.41, 5.74) is 3.86. The first-order chi connectivity index (χ1) is 11.2. The number of Topliss-reactive ketones (excluding diaryl/α,β-unsaturated/α-hetero) is 1. The minimum atomic E-state index is -0.118. The topological polar surface area (TPSA) is 40.6 Å². The molecule has 0 fully saturated rings. The minimum Gasteiger partial charge on any atom is -0.294 e. The molecule has 4 nitrogen and oxygen atoms in total. The molecule has 1 aliphatic carbocycles. The fraction of sp³-hybridized carbons (Fsp3) is 0.500. The molecule has 1 aliphatic heterocycles. The molecule has 2 aliphatic rings. The van der Waals surface area contributed by atoms with Crippen LogP contribution >= 0.6 is 0 Å². The molecule has 1 aromatic carbocycles. The fourth-order valence-corrected chi connectivity index (χ4v) is 3.95. The molecule has 24 heavy (non-hydrogen) atoms. The number of aryl methyl sites for hydroxylation is 1. The SMILES string of the molecule is Cc1ccc(C2CC(=O)N(N(C)C)C3=C2C(=O)CC(C)(C)C3)cc1. The number of hydrogen-bond donors (Lipinski definition) is 0. The van der Waals surface area contributed by atoms with E-state index in [1.54, 1.807) is 10.0 Å². The van der Waals surface area contributed by atoms with E-state index in [4.69, 9.17) is 0 Å². The van der Waals surface area contributed by atoms with Gasteiger partial charge in [0, 0.05) is 44.1 Å². The van der Waals surface area contributed by atoms with Gasteiger partial charge < -0.3 is 0 Å². The molecule has 0 saturated carbocycles. The van der Waals surface area contributed by atoms with E-state index in [0.29, 0.717) is 12.8 Å². The van der Waals surface area contributed by atoms with Gasteiger partial charge in [-0.25, -0.2) is 10.0 Å². The van der Waals surface area contributed by atoms with E-state index in [1.807, 2.05) is 21.0 Å². The maximum absolute atomic E-state index is 13.0. The van der Waals surface area contributed by atoms with Crippen LogP contribution in [0.5, 0.6) is 0 Å². The van der Waals surface area contributed by atoms with Crippen molar-refractivity contribution in [2.24, 2.45) is 5.41 Å². The molecule has 0 N–H and O–H groups in total. The number of nitrogens with zero attached hydrogens (tertiary/aromatic N) is 2. The first-order valence-corrected chi connectivity index (χ1v) is 8.52. The van der Waals surface area contributed by atoms with Crippen LogP contribution in [-0.2, 0) is 9.59 Å². The number of carbonyl (C=O) groups excluding carboxylic acids is 2. The fourth-order valence-electron chi connectivity index (χ4n) is 3.95. The number of benzene rings is 1. The van der Waals surface area contributed by atoms with Crippen molar-refractivity contribution in [1.82, 2.24) is 10.0 Å². The lowest BCUT2D eigenvalue weighted by Crippen LogP contribution is -2.49. The molecule has 3 rings (SSSR count). The van der Waals surface area contributed by atoms with Crippen LogP contribution in [0.15, 0.2) is 35.5 Å². The van der Waals surface area contributed by atoms with E-state index in [1.165, 1.54) is 5.56 Å². The van der Waals surface area contributed by atoms with Crippen molar-refractivity contribution in [3.05, 3.63) is 46.7 Å². The summed E-state index contributed by atoms with van der Waals surface area (Å²) in [5.74, 6) is 0.133. The lowest BCUT2D eigenvalue weighted by atomic mass is 9.69. The Labute approximate surface area is 144 Å². The Kier molecular flexibility index (Phi) is 4.12. The molecule has 1 heterocycles. The number of hydrazine groups is 1. The van der Waals surface area contributed by atoms with Crippen LogP contribution in [0.4, 0.5) is 0 Å². The van der Waals surface area contributed by atoms with Gasteiger partial charge >= 0.3 is 0 Å². The van der Waals surface area contributed by atoms with Crippen LogP contribution in [-0.4, -0.2) is 35.8 Å². The summed E-state index contributed by atoms with van der Waals surface area (Å²) < 4.78 is 0. The third-order valence-corrected chi connectivity index (χ3v) is 5.00. The summed E-state index contributed by atoms with van der Waals surface area (Å²) in [4.78, 5) is 25.8. The zero-order valence-corrected chi connectivity index (χ0v) is 15.2. The van der Waals surface area contributed by atoms with Crippen molar-refractivity contribution in [2.45, 2.75) is 46.0 Å². The molecule has 0 spiro atoms. The van der Waals surface area contributed by atoms with Crippen molar-refractivity contribution < 1.29 is 9.59 Å². The molecular formula is C20H26N2O2. The molecular weight excluding hydrogens is 300 g/mol. The molecule has 1 aromatic rings. The maximum atomic E-state index is 13.0. The zero-order chi connectivity index (χ0) is 17.6. The van der Waals surface area contributed by atoms with Crippen molar-refractivity contribution in [3.63, 3.8) is 0 Å². The maximum Gasteiger partial charge on any atom is 0.242 e. The van der Waals surface area contributed by atoms with E-state index in [2.05, 4.69) is 38.1 Å². The smallest absolute Gasteiger partial charge is 0.242 e. The molecule has 0 bridgehead atoms. The molecule has 0 radical (unpaired) electrons. The minimum absolute atomic E-state index is 0.0647. The summed E-state index contributed by atoms with van der Waals surface area (Å²) in [6, 6.07) is 8.21. The monoisotopic (exact) mass is 326 g/mol. The molecule has 128 valence electrons. The average Bonchev–Trinajstić information content (AvgIpc) is 2.44. The van der Waals surface area contributed by atoms with E-state index in [0.717, 1.165) is 23.3 Å². The normalized spacial score (nSPS) is 23.8.